The molecule has 5 heteroatoms. The highest BCUT2D eigenvalue weighted by molar-refractivity contribution is 7.89. The minimum atomic E-state index is -3.42. The summed E-state index contributed by atoms with van der Waals surface area (Å²) in [4.78, 5) is 0.363. The third-order valence-electron chi connectivity index (χ3n) is 4.11. The second-order valence-corrected chi connectivity index (χ2v) is 8.14. The second-order valence-electron chi connectivity index (χ2n) is 6.23. The van der Waals surface area contributed by atoms with Gasteiger partial charge < -0.3 is 5.73 Å². The van der Waals surface area contributed by atoms with Gasteiger partial charge in [-0.25, -0.2) is 8.42 Å². The third kappa shape index (κ3) is 3.22. The number of hydrogen-bond acceptors (Lipinski definition) is 3. The number of nitrogens with zero attached hydrogens (tertiary/aromatic N) is 1. The highest BCUT2D eigenvalue weighted by Crippen LogP contribution is 2.32. The Kier molecular flexibility index (Phi) is 4.52. The Balaban J connectivity index is 2.30. The van der Waals surface area contributed by atoms with Gasteiger partial charge >= 0.3 is 0 Å². The Bertz CT molecular complexity index is 567. The van der Waals surface area contributed by atoms with E-state index < -0.39 is 10.0 Å². The molecule has 0 unspecified atom stereocenters. The first-order valence-corrected chi connectivity index (χ1v) is 8.59. The fourth-order valence-corrected chi connectivity index (χ4v) is 4.41. The zero-order valence-corrected chi connectivity index (χ0v) is 13.1. The van der Waals surface area contributed by atoms with Gasteiger partial charge in [0, 0.05) is 19.6 Å². The van der Waals surface area contributed by atoms with Crippen molar-refractivity contribution in [3.63, 3.8) is 0 Å². The Morgan fingerprint density at radius 3 is 2.60 bits per heavy atom. The summed E-state index contributed by atoms with van der Waals surface area (Å²) >= 11 is 0. The van der Waals surface area contributed by atoms with Gasteiger partial charge in [0.15, 0.2) is 0 Å². The highest BCUT2D eigenvalue weighted by atomic mass is 32.2. The number of benzene rings is 1. The normalized spacial score (nSPS) is 20.6. The quantitative estimate of drug-likeness (QED) is 0.931. The summed E-state index contributed by atoms with van der Waals surface area (Å²) in [5, 5.41) is 0. The van der Waals surface area contributed by atoms with E-state index in [1.807, 2.05) is 6.07 Å². The molecule has 1 heterocycles. The number of nitrogens with two attached hydrogens (primary N) is 1. The van der Waals surface area contributed by atoms with Gasteiger partial charge in [-0.1, -0.05) is 32.0 Å². The molecule has 0 bridgehead atoms. The van der Waals surface area contributed by atoms with Crippen LogP contribution in [0.15, 0.2) is 29.2 Å². The van der Waals surface area contributed by atoms with Crippen LogP contribution in [0, 0.1) is 5.41 Å². The van der Waals surface area contributed by atoms with Crippen molar-refractivity contribution >= 4 is 10.0 Å². The molecule has 0 spiro atoms. The third-order valence-corrected chi connectivity index (χ3v) is 6.11. The maximum absolute atomic E-state index is 12.8. The molecular formula is C15H24N2O2S. The van der Waals surface area contributed by atoms with E-state index in [4.69, 9.17) is 5.73 Å². The van der Waals surface area contributed by atoms with Gasteiger partial charge in [0.1, 0.15) is 0 Å². The van der Waals surface area contributed by atoms with Crippen molar-refractivity contribution in [2.24, 2.45) is 11.1 Å². The van der Waals surface area contributed by atoms with Crippen molar-refractivity contribution in [1.29, 1.82) is 0 Å². The van der Waals surface area contributed by atoms with Gasteiger partial charge in [-0.05, 0) is 36.3 Å². The lowest BCUT2D eigenvalue weighted by molar-refractivity contribution is 0.314. The molecule has 2 N–H and O–H groups in total. The largest absolute Gasteiger partial charge is 0.326 e. The van der Waals surface area contributed by atoms with E-state index in [0.717, 1.165) is 19.3 Å². The summed E-state index contributed by atoms with van der Waals surface area (Å²) in [7, 11) is -3.42. The van der Waals surface area contributed by atoms with E-state index in [-0.39, 0.29) is 12.0 Å². The van der Waals surface area contributed by atoms with E-state index in [1.165, 1.54) is 0 Å². The molecule has 4 nitrogen and oxygen atoms in total. The molecule has 1 aromatic rings. The SMILES string of the molecule is CC1(C)CCCN(S(=O)(=O)c2ccccc2CN)CC1. The van der Waals surface area contributed by atoms with E-state index in [0.29, 0.717) is 23.5 Å². The van der Waals surface area contributed by atoms with E-state index in [1.54, 1.807) is 22.5 Å². The topological polar surface area (TPSA) is 63.4 Å². The predicted octanol–water partition coefficient (Wildman–Crippen LogP) is 2.35. The highest BCUT2D eigenvalue weighted by Gasteiger charge is 2.31. The minimum Gasteiger partial charge on any atom is -0.326 e. The molecule has 0 aromatic heterocycles. The van der Waals surface area contributed by atoms with Crippen molar-refractivity contribution in [3.05, 3.63) is 29.8 Å². The molecule has 1 aliphatic rings. The summed E-state index contributed by atoms with van der Waals surface area (Å²) in [6, 6.07) is 7.03. The maximum Gasteiger partial charge on any atom is 0.243 e. The van der Waals surface area contributed by atoms with Crippen molar-refractivity contribution in [3.8, 4) is 0 Å². The number of hydrogen-bond donors (Lipinski definition) is 1. The van der Waals surface area contributed by atoms with Crippen LogP contribution in [-0.4, -0.2) is 25.8 Å². The predicted molar refractivity (Wildman–Crippen MR) is 80.7 cm³/mol. The molecule has 1 aliphatic heterocycles. The summed E-state index contributed by atoms with van der Waals surface area (Å²) in [6.45, 7) is 5.85. The van der Waals surface area contributed by atoms with Crippen LogP contribution in [0.5, 0.6) is 0 Å². The molecule has 0 radical (unpaired) electrons. The van der Waals surface area contributed by atoms with Crippen molar-refractivity contribution in [1.82, 2.24) is 4.31 Å². The van der Waals surface area contributed by atoms with Gasteiger partial charge in [-0.2, -0.15) is 4.31 Å². The lowest BCUT2D eigenvalue weighted by atomic mass is 9.85. The van der Waals surface area contributed by atoms with Gasteiger partial charge in [0.05, 0.1) is 4.90 Å². The van der Waals surface area contributed by atoms with Crippen LogP contribution in [0.3, 0.4) is 0 Å². The molecule has 0 atom stereocenters. The van der Waals surface area contributed by atoms with Crippen molar-refractivity contribution < 1.29 is 8.42 Å². The van der Waals surface area contributed by atoms with Gasteiger partial charge in [0.25, 0.3) is 0 Å². The second kappa shape index (κ2) is 5.84. The maximum atomic E-state index is 12.8. The fraction of sp³-hybridized carbons (Fsp3) is 0.600. The van der Waals surface area contributed by atoms with Crippen LogP contribution in [-0.2, 0) is 16.6 Å². The Morgan fingerprint density at radius 1 is 1.20 bits per heavy atom. The van der Waals surface area contributed by atoms with Crippen LogP contribution < -0.4 is 5.73 Å². The Labute approximate surface area is 122 Å². The Morgan fingerprint density at radius 2 is 1.90 bits per heavy atom. The summed E-state index contributed by atoms with van der Waals surface area (Å²) < 4.78 is 27.2. The van der Waals surface area contributed by atoms with Crippen LogP contribution in [0.25, 0.3) is 0 Å². The number of rotatable bonds is 3. The Hall–Kier alpha value is -0.910. The lowest BCUT2D eigenvalue weighted by Gasteiger charge is -2.23. The van der Waals surface area contributed by atoms with Crippen LogP contribution >= 0.6 is 0 Å². The zero-order valence-electron chi connectivity index (χ0n) is 12.3. The first-order chi connectivity index (χ1) is 9.37. The summed E-state index contributed by atoms with van der Waals surface area (Å²) in [5.74, 6) is 0. The first kappa shape index (κ1) is 15.5. The van der Waals surface area contributed by atoms with Gasteiger partial charge in [-0.3, -0.25) is 0 Å². The van der Waals surface area contributed by atoms with E-state index >= 15 is 0 Å². The van der Waals surface area contributed by atoms with E-state index in [2.05, 4.69) is 13.8 Å². The molecule has 20 heavy (non-hydrogen) atoms. The van der Waals surface area contributed by atoms with Crippen LogP contribution in [0.2, 0.25) is 0 Å². The minimum absolute atomic E-state index is 0.220. The van der Waals surface area contributed by atoms with Gasteiger partial charge in [-0.15, -0.1) is 0 Å². The van der Waals surface area contributed by atoms with Crippen LogP contribution in [0.4, 0.5) is 0 Å². The van der Waals surface area contributed by atoms with Crippen molar-refractivity contribution in [2.45, 2.75) is 44.6 Å². The first-order valence-electron chi connectivity index (χ1n) is 7.15. The van der Waals surface area contributed by atoms with Crippen molar-refractivity contribution in [2.75, 3.05) is 13.1 Å². The molecule has 2 rings (SSSR count). The molecular weight excluding hydrogens is 272 g/mol. The molecule has 0 saturated carbocycles. The average molecular weight is 296 g/mol. The van der Waals surface area contributed by atoms with Crippen LogP contribution in [0.1, 0.15) is 38.7 Å². The smallest absolute Gasteiger partial charge is 0.243 e. The lowest BCUT2D eigenvalue weighted by Crippen LogP contribution is -2.33. The molecule has 0 amide bonds. The molecule has 1 fully saturated rings. The summed E-state index contributed by atoms with van der Waals surface area (Å²) in [5.41, 5.74) is 6.58. The monoisotopic (exact) mass is 296 g/mol. The number of sulfonamides is 1. The molecule has 112 valence electrons. The zero-order chi connectivity index (χ0) is 14.8. The molecule has 1 aromatic carbocycles. The standard InChI is InChI=1S/C15H24N2O2S/c1-15(2)8-5-10-17(11-9-15)20(18,19)14-7-4-3-6-13(14)12-16/h3-4,6-7H,5,8-12,16H2,1-2H3. The fourth-order valence-electron chi connectivity index (χ4n) is 2.70. The summed E-state index contributed by atoms with van der Waals surface area (Å²) in [6.07, 6.45) is 2.88. The molecule has 1 saturated heterocycles. The average Bonchev–Trinajstić information content (AvgIpc) is 2.60. The molecule has 0 aliphatic carbocycles. The van der Waals surface area contributed by atoms with Gasteiger partial charge in [0.2, 0.25) is 10.0 Å². The van der Waals surface area contributed by atoms with E-state index in [9.17, 15) is 8.42 Å².